The van der Waals surface area contributed by atoms with Crippen LogP contribution >= 0.6 is 0 Å². The molecule has 1 N–H and O–H groups in total. The van der Waals surface area contributed by atoms with Crippen LogP contribution in [-0.2, 0) is 19.4 Å². The molecule has 0 aliphatic carbocycles. The zero-order valence-electron chi connectivity index (χ0n) is 6.98. The molecule has 0 aliphatic heterocycles. The molecule has 6 heteroatoms. The maximum Gasteiger partial charge on any atom is 0.321 e. The van der Waals surface area contributed by atoms with Crippen LogP contribution in [0.5, 0.6) is 0 Å². The number of carboxylic acid groups (broad SMARTS) is 1. The molecule has 0 aromatic heterocycles. The highest BCUT2D eigenvalue weighted by Gasteiger charge is 2.26. The van der Waals surface area contributed by atoms with Gasteiger partial charge in [0.15, 0.2) is 15.1 Å². The van der Waals surface area contributed by atoms with Gasteiger partial charge in [-0.2, -0.15) is 0 Å². The summed E-state index contributed by atoms with van der Waals surface area (Å²) in [5.74, 6) is -1.58. The van der Waals surface area contributed by atoms with Crippen molar-refractivity contribution in [2.45, 2.75) is 12.2 Å². The summed E-state index contributed by atoms with van der Waals surface area (Å²) in [5, 5.41) is 7.04. The molecule has 0 radical (unpaired) electrons. The summed E-state index contributed by atoms with van der Waals surface area (Å²) in [6.45, 7) is 1.17. The molecule has 1 unspecified atom stereocenters. The summed E-state index contributed by atoms with van der Waals surface area (Å²) >= 11 is 0. The Morgan fingerprint density at radius 1 is 1.58 bits per heavy atom. The first-order valence-corrected chi connectivity index (χ1v) is 5.06. The normalized spacial score (nSPS) is 14.2. The van der Waals surface area contributed by atoms with E-state index in [0.29, 0.717) is 0 Å². The molecule has 12 heavy (non-hydrogen) atoms. The predicted molar refractivity (Wildman–Crippen MR) is 42.8 cm³/mol. The minimum Gasteiger partial charge on any atom is -0.480 e. The Morgan fingerprint density at radius 2 is 2.08 bits per heavy atom. The van der Waals surface area contributed by atoms with Gasteiger partial charge in [-0.15, -0.1) is 0 Å². The van der Waals surface area contributed by atoms with Crippen LogP contribution in [0.1, 0.15) is 6.92 Å². The van der Waals surface area contributed by atoms with Crippen LogP contribution in [0, 0.1) is 0 Å². The number of rotatable bonds is 5. The fourth-order valence-corrected chi connectivity index (χ4v) is 1.59. The minimum absolute atomic E-state index is 0.0277. The van der Waals surface area contributed by atoms with Gasteiger partial charge in [-0.05, 0) is 6.92 Å². The highest BCUT2D eigenvalue weighted by molar-refractivity contribution is 7.92. The molecule has 0 amide bonds. The van der Waals surface area contributed by atoms with Crippen LogP contribution in [0.3, 0.4) is 0 Å². The van der Waals surface area contributed by atoms with Crippen molar-refractivity contribution < 1.29 is 23.1 Å². The Balaban J connectivity index is 4.31. The quantitative estimate of drug-likeness (QED) is 0.642. The Bertz CT molecular complexity index is 243. The van der Waals surface area contributed by atoms with E-state index < -0.39 is 21.1 Å². The van der Waals surface area contributed by atoms with Gasteiger partial charge in [-0.1, -0.05) is 0 Å². The maximum absolute atomic E-state index is 11.1. The third-order valence-electron chi connectivity index (χ3n) is 1.46. The van der Waals surface area contributed by atoms with Crippen molar-refractivity contribution in [1.29, 1.82) is 0 Å². The van der Waals surface area contributed by atoms with Crippen LogP contribution in [-0.4, -0.2) is 44.2 Å². The van der Waals surface area contributed by atoms with Gasteiger partial charge in [0.2, 0.25) is 0 Å². The molecule has 0 aromatic rings. The number of sulfone groups is 1. The number of methoxy groups -OCH3 is 1. The topological polar surface area (TPSA) is 80.7 Å². The molecule has 0 heterocycles. The molecular formula is C6H12O5S. The Labute approximate surface area is 71.3 Å². The van der Waals surface area contributed by atoms with Crippen molar-refractivity contribution in [1.82, 2.24) is 0 Å². The maximum atomic E-state index is 11.1. The fourth-order valence-electron chi connectivity index (χ4n) is 0.530. The fraction of sp³-hybridized carbons (Fsp3) is 0.833. The zero-order valence-corrected chi connectivity index (χ0v) is 7.80. The SMILES string of the molecule is COCCS(=O)(=O)C(C)C(=O)O. The lowest BCUT2D eigenvalue weighted by atomic mass is 10.5. The summed E-state index contributed by atoms with van der Waals surface area (Å²) in [5.41, 5.74) is 0. The van der Waals surface area contributed by atoms with Gasteiger partial charge >= 0.3 is 5.97 Å². The molecular weight excluding hydrogens is 184 g/mol. The largest absolute Gasteiger partial charge is 0.480 e. The van der Waals surface area contributed by atoms with E-state index in [1.165, 1.54) is 7.11 Å². The second kappa shape index (κ2) is 4.42. The molecule has 0 spiro atoms. The Kier molecular flexibility index (Phi) is 4.19. The van der Waals surface area contributed by atoms with E-state index in [4.69, 9.17) is 5.11 Å². The van der Waals surface area contributed by atoms with E-state index in [0.717, 1.165) is 6.92 Å². The lowest BCUT2D eigenvalue weighted by molar-refractivity contribution is -0.136. The summed E-state index contributed by atoms with van der Waals surface area (Å²) < 4.78 is 26.7. The average Bonchev–Trinajstić information content (AvgIpc) is 1.99. The van der Waals surface area contributed by atoms with E-state index >= 15 is 0 Å². The van der Waals surface area contributed by atoms with E-state index in [1.54, 1.807) is 0 Å². The minimum atomic E-state index is -3.55. The zero-order chi connectivity index (χ0) is 9.78. The van der Waals surface area contributed by atoms with Crippen LogP contribution in [0.25, 0.3) is 0 Å². The standard InChI is InChI=1S/C6H12O5S/c1-5(6(7)8)12(9,10)4-3-11-2/h5H,3-4H2,1-2H3,(H,7,8). The molecule has 1 atom stereocenters. The molecule has 0 saturated carbocycles. The smallest absolute Gasteiger partial charge is 0.321 e. The highest BCUT2D eigenvalue weighted by Crippen LogP contribution is 2.01. The average molecular weight is 196 g/mol. The van der Waals surface area contributed by atoms with E-state index in [2.05, 4.69) is 4.74 Å². The molecule has 5 nitrogen and oxygen atoms in total. The van der Waals surface area contributed by atoms with Gasteiger partial charge in [-0.3, -0.25) is 4.79 Å². The highest BCUT2D eigenvalue weighted by atomic mass is 32.2. The molecule has 0 aliphatic rings. The number of hydrogen-bond donors (Lipinski definition) is 1. The second-order valence-corrected chi connectivity index (χ2v) is 4.78. The van der Waals surface area contributed by atoms with Crippen molar-refractivity contribution >= 4 is 15.8 Å². The molecule has 0 rings (SSSR count). The number of carboxylic acids is 1. The van der Waals surface area contributed by atoms with E-state index in [1.807, 2.05) is 0 Å². The Hall–Kier alpha value is -0.620. The number of ether oxygens (including phenoxy) is 1. The van der Waals surface area contributed by atoms with E-state index in [9.17, 15) is 13.2 Å². The molecule has 0 saturated heterocycles. The van der Waals surface area contributed by atoms with Crippen molar-refractivity contribution in [2.75, 3.05) is 19.5 Å². The van der Waals surface area contributed by atoms with Crippen LogP contribution in [0.15, 0.2) is 0 Å². The lowest BCUT2D eigenvalue weighted by Gasteiger charge is -2.06. The van der Waals surface area contributed by atoms with E-state index in [-0.39, 0.29) is 12.4 Å². The van der Waals surface area contributed by atoms with Crippen molar-refractivity contribution in [3.05, 3.63) is 0 Å². The van der Waals surface area contributed by atoms with Gasteiger partial charge in [-0.25, -0.2) is 8.42 Å². The monoisotopic (exact) mass is 196 g/mol. The van der Waals surface area contributed by atoms with Gasteiger partial charge in [0.1, 0.15) is 0 Å². The third kappa shape index (κ3) is 3.19. The summed E-state index contributed by atoms with van der Waals surface area (Å²) in [6, 6.07) is 0. The van der Waals surface area contributed by atoms with Gasteiger partial charge in [0.05, 0.1) is 12.4 Å². The summed E-state index contributed by atoms with van der Waals surface area (Å²) in [4.78, 5) is 10.3. The van der Waals surface area contributed by atoms with Gasteiger partial charge < -0.3 is 9.84 Å². The molecule has 0 fully saturated rings. The van der Waals surface area contributed by atoms with Crippen LogP contribution < -0.4 is 0 Å². The summed E-state index contributed by atoms with van der Waals surface area (Å²) in [6.07, 6.45) is 0. The predicted octanol–water partition coefficient (Wildman–Crippen LogP) is -0.479. The first-order valence-electron chi connectivity index (χ1n) is 3.35. The van der Waals surface area contributed by atoms with Crippen molar-refractivity contribution in [3.63, 3.8) is 0 Å². The van der Waals surface area contributed by atoms with Crippen LogP contribution in [0.2, 0.25) is 0 Å². The second-order valence-electron chi connectivity index (χ2n) is 2.34. The molecule has 0 bridgehead atoms. The third-order valence-corrected chi connectivity index (χ3v) is 3.47. The number of carbonyl (C=O) groups is 1. The first kappa shape index (κ1) is 11.4. The molecule has 72 valence electrons. The summed E-state index contributed by atoms with van der Waals surface area (Å²) in [7, 11) is -2.18. The van der Waals surface area contributed by atoms with Crippen molar-refractivity contribution in [2.24, 2.45) is 0 Å². The van der Waals surface area contributed by atoms with Gasteiger partial charge in [0.25, 0.3) is 0 Å². The van der Waals surface area contributed by atoms with Crippen molar-refractivity contribution in [3.8, 4) is 0 Å². The van der Waals surface area contributed by atoms with Gasteiger partial charge in [0, 0.05) is 7.11 Å². The Morgan fingerprint density at radius 3 is 2.42 bits per heavy atom. The first-order chi connectivity index (χ1) is 5.41. The number of aliphatic carboxylic acids is 1. The molecule has 0 aromatic carbocycles. The number of hydrogen-bond acceptors (Lipinski definition) is 4. The lowest BCUT2D eigenvalue weighted by Crippen LogP contribution is -2.30. The van der Waals surface area contributed by atoms with Crippen LogP contribution in [0.4, 0.5) is 0 Å².